The minimum atomic E-state index is -0.0468. The first-order chi connectivity index (χ1) is 12.0. The van der Waals surface area contributed by atoms with E-state index in [0.29, 0.717) is 4.77 Å². The van der Waals surface area contributed by atoms with Gasteiger partial charge in [-0.25, -0.2) is 9.36 Å². The van der Waals surface area contributed by atoms with Gasteiger partial charge in [-0.2, -0.15) is 5.10 Å². The molecule has 0 N–H and O–H groups in total. The van der Waals surface area contributed by atoms with Crippen LogP contribution in [-0.4, -0.2) is 31.1 Å². The highest BCUT2D eigenvalue weighted by atomic mass is 32.1. The van der Waals surface area contributed by atoms with E-state index in [1.807, 2.05) is 80.3 Å². The summed E-state index contributed by atoms with van der Waals surface area (Å²) in [6.07, 6.45) is 3.78. The predicted octanol–water partition coefficient (Wildman–Crippen LogP) is 3.28. The third-order valence-corrected chi connectivity index (χ3v) is 4.28. The molecule has 6 nitrogen and oxygen atoms in total. The second-order valence-corrected chi connectivity index (χ2v) is 6.42. The standard InChI is InChI=1S/C18H21N5OS/c1-14(2)22(16-9-5-4-6-10-16)17(24)13-21-18(25)23(15(3)19-21)20-11-7-8-12-20/h4-12,14H,13H2,1-3H3. The molecule has 2 heterocycles. The molecule has 7 heteroatoms. The number of carbonyl (C=O) groups is 1. The fourth-order valence-corrected chi connectivity index (χ4v) is 3.19. The summed E-state index contributed by atoms with van der Waals surface area (Å²) >= 11 is 5.52. The number of amides is 1. The zero-order chi connectivity index (χ0) is 18.0. The van der Waals surface area contributed by atoms with Crippen LogP contribution in [0.2, 0.25) is 0 Å². The van der Waals surface area contributed by atoms with E-state index in [0.717, 1.165) is 11.5 Å². The SMILES string of the molecule is Cc1nn(CC(=O)N(c2ccccc2)C(C)C)c(=S)n1-n1cccc1. The predicted molar refractivity (Wildman–Crippen MR) is 100 cm³/mol. The van der Waals surface area contributed by atoms with E-state index in [9.17, 15) is 4.79 Å². The maximum atomic E-state index is 12.9. The first kappa shape index (κ1) is 17.2. The number of aryl methyl sites for hydroxylation is 1. The summed E-state index contributed by atoms with van der Waals surface area (Å²) in [5.41, 5.74) is 0.871. The zero-order valence-corrected chi connectivity index (χ0v) is 15.3. The van der Waals surface area contributed by atoms with Crippen molar-refractivity contribution < 1.29 is 4.79 Å². The number of benzene rings is 1. The van der Waals surface area contributed by atoms with Crippen LogP contribution in [0.4, 0.5) is 5.69 Å². The molecule has 0 aliphatic heterocycles. The van der Waals surface area contributed by atoms with E-state index in [1.165, 1.54) is 0 Å². The van der Waals surface area contributed by atoms with Crippen molar-refractivity contribution >= 4 is 23.8 Å². The Morgan fingerprint density at radius 3 is 2.40 bits per heavy atom. The van der Waals surface area contributed by atoms with Crippen molar-refractivity contribution in [2.24, 2.45) is 0 Å². The van der Waals surface area contributed by atoms with Crippen LogP contribution in [0, 0.1) is 11.7 Å². The average Bonchev–Trinajstić information content (AvgIpc) is 3.17. The monoisotopic (exact) mass is 355 g/mol. The third-order valence-electron chi connectivity index (χ3n) is 3.90. The van der Waals surface area contributed by atoms with E-state index in [2.05, 4.69) is 5.10 Å². The van der Waals surface area contributed by atoms with Crippen molar-refractivity contribution in [3.8, 4) is 0 Å². The number of anilines is 1. The summed E-state index contributed by atoms with van der Waals surface area (Å²) in [6, 6.07) is 13.5. The molecule has 0 fully saturated rings. The van der Waals surface area contributed by atoms with Gasteiger partial charge in [0, 0.05) is 24.1 Å². The molecule has 0 saturated heterocycles. The molecule has 1 aromatic carbocycles. The van der Waals surface area contributed by atoms with Crippen molar-refractivity contribution in [1.82, 2.24) is 19.1 Å². The topological polar surface area (TPSA) is 48.0 Å². The normalized spacial score (nSPS) is 11.0. The summed E-state index contributed by atoms with van der Waals surface area (Å²) in [5.74, 6) is 0.680. The van der Waals surface area contributed by atoms with Gasteiger partial charge < -0.3 is 4.90 Å². The second kappa shape index (κ2) is 7.06. The number of carbonyl (C=O) groups excluding carboxylic acids is 1. The van der Waals surface area contributed by atoms with Crippen LogP contribution in [0.5, 0.6) is 0 Å². The molecule has 0 aliphatic rings. The lowest BCUT2D eigenvalue weighted by molar-refractivity contribution is -0.119. The first-order valence-corrected chi connectivity index (χ1v) is 8.57. The highest BCUT2D eigenvalue weighted by Crippen LogP contribution is 2.17. The van der Waals surface area contributed by atoms with Crippen LogP contribution in [0.25, 0.3) is 0 Å². The molecule has 3 aromatic rings. The number of para-hydroxylation sites is 1. The average molecular weight is 355 g/mol. The van der Waals surface area contributed by atoms with E-state index in [1.54, 1.807) is 14.3 Å². The van der Waals surface area contributed by atoms with Gasteiger partial charge in [0.25, 0.3) is 0 Å². The summed E-state index contributed by atoms with van der Waals surface area (Å²) in [5, 5.41) is 4.45. The van der Waals surface area contributed by atoms with Crippen molar-refractivity contribution in [2.45, 2.75) is 33.4 Å². The molecular weight excluding hydrogens is 334 g/mol. The second-order valence-electron chi connectivity index (χ2n) is 6.06. The van der Waals surface area contributed by atoms with Gasteiger partial charge >= 0.3 is 0 Å². The Balaban J connectivity index is 1.90. The molecule has 3 rings (SSSR count). The minimum Gasteiger partial charge on any atom is -0.308 e. The third kappa shape index (κ3) is 3.41. The number of nitrogens with zero attached hydrogens (tertiary/aromatic N) is 5. The quantitative estimate of drug-likeness (QED) is 0.660. The minimum absolute atomic E-state index is 0.0386. The van der Waals surface area contributed by atoms with Crippen molar-refractivity contribution in [2.75, 3.05) is 4.90 Å². The lowest BCUT2D eigenvalue weighted by atomic mass is 10.2. The van der Waals surface area contributed by atoms with Gasteiger partial charge in [0.2, 0.25) is 10.7 Å². The van der Waals surface area contributed by atoms with Crippen molar-refractivity contribution in [3.63, 3.8) is 0 Å². The van der Waals surface area contributed by atoms with Gasteiger partial charge in [-0.05, 0) is 57.3 Å². The van der Waals surface area contributed by atoms with Gasteiger partial charge in [-0.15, -0.1) is 0 Å². The van der Waals surface area contributed by atoms with E-state index < -0.39 is 0 Å². The molecule has 0 aliphatic carbocycles. The number of aromatic nitrogens is 4. The Kier molecular flexibility index (Phi) is 4.85. The van der Waals surface area contributed by atoms with Crippen LogP contribution in [0.3, 0.4) is 0 Å². The van der Waals surface area contributed by atoms with Gasteiger partial charge in [0.05, 0.1) is 0 Å². The summed E-state index contributed by atoms with van der Waals surface area (Å²) < 4.78 is 5.71. The molecule has 2 aromatic heterocycles. The Bertz CT molecular complexity index is 909. The van der Waals surface area contributed by atoms with E-state index in [4.69, 9.17) is 12.2 Å². The molecule has 0 saturated carbocycles. The van der Waals surface area contributed by atoms with Crippen molar-refractivity contribution in [1.29, 1.82) is 0 Å². The van der Waals surface area contributed by atoms with E-state index >= 15 is 0 Å². The fourth-order valence-electron chi connectivity index (χ4n) is 2.86. The molecule has 130 valence electrons. The van der Waals surface area contributed by atoms with Gasteiger partial charge in [0.15, 0.2) is 0 Å². The number of hydrogen-bond donors (Lipinski definition) is 0. The van der Waals surface area contributed by atoms with Crippen LogP contribution >= 0.6 is 12.2 Å². The van der Waals surface area contributed by atoms with Crippen LogP contribution < -0.4 is 4.90 Å². The van der Waals surface area contributed by atoms with E-state index in [-0.39, 0.29) is 18.5 Å². The largest absolute Gasteiger partial charge is 0.308 e. The zero-order valence-electron chi connectivity index (χ0n) is 14.5. The molecule has 25 heavy (non-hydrogen) atoms. The van der Waals surface area contributed by atoms with Crippen LogP contribution in [0.15, 0.2) is 54.9 Å². The highest BCUT2D eigenvalue weighted by Gasteiger charge is 2.21. The fraction of sp³-hybridized carbons (Fsp3) is 0.278. The van der Waals surface area contributed by atoms with Crippen molar-refractivity contribution in [3.05, 3.63) is 65.5 Å². The Labute approximate surface area is 151 Å². The Morgan fingerprint density at radius 1 is 1.16 bits per heavy atom. The van der Waals surface area contributed by atoms with Crippen LogP contribution in [0.1, 0.15) is 19.7 Å². The highest BCUT2D eigenvalue weighted by molar-refractivity contribution is 7.71. The molecule has 1 amide bonds. The molecule has 0 unspecified atom stereocenters. The number of rotatable bonds is 5. The van der Waals surface area contributed by atoms with Gasteiger partial charge in [0.1, 0.15) is 12.4 Å². The lowest BCUT2D eigenvalue weighted by Gasteiger charge is -2.26. The Morgan fingerprint density at radius 2 is 1.80 bits per heavy atom. The van der Waals surface area contributed by atoms with Crippen LogP contribution in [-0.2, 0) is 11.3 Å². The lowest BCUT2D eigenvalue weighted by Crippen LogP contribution is -2.39. The maximum Gasteiger partial charge on any atom is 0.249 e. The molecule has 0 atom stereocenters. The Hall–Kier alpha value is -2.67. The van der Waals surface area contributed by atoms with Gasteiger partial charge in [-0.1, -0.05) is 18.2 Å². The summed E-state index contributed by atoms with van der Waals surface area (Å²) in [6.45, 7) is 5.96. The molecule has 0 radical (unpaired) electrons. The summed E-state index contributed by atoms with van der Waals surface area (Å²) in [7, 11) is 0. The first-order valence-electron chi connectivity index (χ1n) is 8.16. The van der Waals surface area contributed by atoms with Gasteiger partial charge in [-0.3, -0.25) is 9.47 Å². The molecule has 0 spiro atoms. The summed E-state index contributed by atoms with van der Waals surface area (Å²) in [4.78, 5) is 14.7. The maximum absolute atomic E-state index is 12.9. The number of hydrogen-bond acceptors (Lipinski definition) is 3. The molecular formula is C18H21N5OS. The smallest absolute Gasteiger partial charge is 0.249 e. The molecule has 0 bridgehead atoms.